The summed E-state index contributed by atoms with van der Waals surface area (Å²) in [4.78, 5) is 8.95. The third-order valence-electron chi connectivity index (χ3n) is 5.62. The van der Waals surface area contributed by atoms with Crippen molar-refractivity contribution in [3.8, 4) is 33.9 Å². The second-order valence-electron chi connectivity index (χ2n) is 8.00. The Morgan fingerprint density at radius 2 is 1.77 bits per heavy atom. The van der Waals surface area contributed by atoms with Crippen LogP contribution in [0.4, 0.5) is 11.6 Å². The number of anilines is 2. The maximum absolute atomic E-state index is 6.08. The van der Waals surface area contributed by atoms with E-state index in [1.165, 1.54) is 0 Å². The van der Waals surface area contributed by atoms with Crippen molar-refractivity contribution in [2.75, 3.05) is 5.32 Å². The molecule has 6 rings (SSSR count). The molecule has 0 saturated heterocycles. The number of fused-ring (bicyclic) bond motifs is 1. The van der Waals surface area contributed by atoms with Crippen LogP contribution in [0, 0.1) is 0 Å². The molecule has 0 amide bonds. The van der Waals surface area contributed by atoms with Gasteiger partial charge in [-0.1, -0.05) is 23.7 Å². The Labute approximate surface area is 204 Å². The fraction of sp³-hybridized carbons (Fsp3) is 0.0833. The fourth-order valence-corrected chi connectivity index (χ4v) is 4.11. The van der Waals surface area contributed by atoms with Gasteiger partial charge in [-0.25, -0.2) is 9.97 Å². The standard InChI is InChI=1S/C24H19ClN10/c1-33-14-18(12-27-33)29-24-26-9-7-20(30-24)16-8-10-35-21(11-16)31-32-23(35)19-13-28-34(2)22(19)15-3-5-17(25)6-4-15/h3-14H,1-2H3,(H,26,29,30). The monoisotopic (exact) mass is 482 g/mol. The predicted octanol–water partition coefficient (Wildman–Crippen LogP) is 4.38. The highest BCUT2D eigenvalue weighted by Gasteiger charge is 2.18. The number of nitrogens with one attached hydrogen (secondary N) is 1. The number of aromatic nitrogens is 9. The zero-order valence-electron chi connectivity index (χ0n) is 18.8. The van der Waals surface area contributed by atoms with Gasteiger partial charge in [-0.3, -0.25) is 13.8 Å². The van der Waals surface area contributed by atoms with E-state index in [-0.39, 0.29) is 0 Å². The zero-order chi connectivity index (χ0) is 23.9. The summed E-state index contributed by atoms with van der Waals surface area (Å²) < 4.78 is 5.48. The van der Waals surface area contributed by atoms with E-state index >= 15 is 0 Å². The van der Waals surface area contributed by atoms with Crippen molar-refractivity contribution < 1.29 is 0 Å². The highest BCUT2D eigenvalue weighted by molar-refractivity contribution is 6.30. The Morgan fingerprint density at radius 1 is 0.914 bits per heavy atom. The molecule has 10 nitrogen and oxygen atoms in total. The van der Waals surface area contributed by atoms with Crippen molar-refractivity contribution in [1.29, 1.82) is 0 Å². The minimum atomic E-state index is 0.487. The summed E-state index contributed by atoms with van der Waals surface area (Å²) in [5.74, 6) is 1.19. The van der Waals surface area contributed by atoms with E-state index < -0.39 is 0 Å². The molecule has 0 aliphatic heterocycles. The molecule has 0 aliphatic rings. The van der Waals surface area contributed by atoms with Gasteiger partial charge in [-0.15, -0.1) is 10.2 Å². The SMILES string of the molecule is Cn1cc(Nc2nccc(-c3ccn4c(-c5cnn(C)c5-c5ccc(Cl)cc5)nnc4c3)n2)cn1. The van der Waals surface area contributed by atoms with Crippen LogP contribution in [0.15, 0.2) is 73.4 Å². The summed E-state index contributed by atoms with van der Waals surface area (Å²) in [6.07, 6.45) is 9.03. The number of halogens is 1. The number of aryl methyl sites for hydroxylation is 2. The van der Waals surface area contributed by atoms with Crippen LogP contribution in [0.5, 0.6) is 0 Å². The van der Waals surface area contributed by atoms with Gasteiger partial charge in [0.2, 0.25) is 5.95 Å². The number of hydrogen-bond donors (Lipinski definition) is 1. The van der Waals surface area contributed by atoms with Crippen LogP contribution < -0.4 is 5.32 Å². The quantitative estimate of drug-likeness (QED) is 0.388. The first-order valence-corrected chi connectivity index (χ1v) is 11.1. The maximum Gasteiger partial charge on any atom is 0.227 e. The van der Waals surface area contributed by atoms with Crippen LogP contribution in [-0.4, -0.2) is 44.1 Å². The van der Waals surface area contributed by atoms with Crippen molar-refractivity contribution in [3.05, 3.63) is 78.5 Å². The van der Waals surface area contributed by atoms with Crippen LogP contribution >= 0.6 is 11.6 Å². The Kier molecular flexibility index (Phi) is 5.00. The molecule has 0 unspecified atom stereocenters. The van der Waals surface area contributed by atoms with E-state index in [9.17, 15) is 0 Å². The van der Waals surface area contributed by atoms with Crippen molar-refractivity contribution >= 4 is 28.9 Å². The Bertz CT molecular complexity index is 1660. The average molecular weight is 483 g/mol. The number of nitrogens with zero attached hydrogens (tertiary/aromatic N) is 9. The van der Waals surface area contributed by atoms with Crippen molar-refractivity contribution in [1.82, 2.24) is 44.1 Å². The van der Waals surface area contributed by atoms with E-state index in [4.69, 9.17) is 11.6 Å². The molecule has 0 fully saturated rings. The number of benzene rings is 1. The van der Waals surface area contributed by atoms with Gasteiger partial charge in [0.25, 0.3) is 0 Å². The molecule has 0 aliphatic carbocycles. The molecule has 1 aromatic carbocycles. The lowest BCUT2D eigenvalue weighted by molar-refractivity contribution is 0.768. The molecule has 35 heavy (non-hydrogen) atoms. The first-order chi connectivity index (χ1) is 17.0. The molecule has 5 aromatic heterocycles. The summed E-state index contributed by atoms with van der Waals surface area (Å²) in [7, 11) is 3.76. The lowest BCUT2D eigenvalue weighted by Crippen LogP contribution is -1.98. The van der Waals surface area contributed by atoms with Gasteiger partial charge in [0.1, 0.15) is 0 Å². The number of pyridine rings is 1. The Morgan fingerprint density at radius 3 is 2.57 bits per heavy atom. The molecule has 0 radical (unpaired) electrons. The van der Waals surface area contributed by atoms with Crippen LogP contribution in [0.1, 0.15) is 0 Å². The average Bonchev–Trinajstić information content (AvgIpc) is 3.57. The second-order valence-corrected chi connectivity index (χ2v) is 8.43. The van der Waals surface area contributed by atoms with Crippen LogP contribution in [0.25, 0.3) is 39.5 Å². The van der Waals surface area contributed by atoms with Crippen molar-refractivity contribution in [3.63, 3.8) is 0 Å². The summed E-state index contributed by atoms with van der Waals surface area (Å²) >= 11 is 6.08. The summed E-state index contributed by atoms with van der Waals surface area (Å²) in [6, 6.07) is 13.4. The van der Waals surface area contributed by atoms with Crippen molar-refractivity contribution in [2.24, 2.45) is 14.1 Å². The maximum atomic E-state index is 6.08. The smallest absolute Gasteiger partial charge is 0.227 e. The minimum Gasteiger partial charge on any atom is -0.321 e. The molecule has 0 saturated carbocycles. The van der Waals surface area contributed by atoms with E-state index in [0.29, 0.717) is 22.4 Å². The minimum absolute atomic E-state index is 0.487. The van der Waals surface area contributed by atoms with Gasteiger partial charge >= 0.3 is 0 Å². The largest absolute Gasteiger partial charge is 0.321 e. The lowest BCUT2D eigenvalue weighted by atomic mass is 10.1. The fourth-order valence-electron chi connectivity index (χ4n) is 3.98. The van der Waals surface area contributed by atoms with Crippen LogP contribution in [0.2, 0.25) is 5.02 Å². The molecule has 6 aromatic rings. The van der Waals surface area contributed by atoms with Gasteiger partial charge in [0, 0.05) is 48.8 Å². The molecular weight excluding hydrogens is 464 g/mol. The molecule has 172 valence electrons. The predicted molar refractivity (Wildman–Crippen MR) is 133 cm³/mol. The van der Waals surface area contributed by atoms with E-state index in [2.05, 4.69) is 35.7 Å². The lowest BCUT2D eigenvalue weighted by Gasteiger charge is -2.07. The first kappa shape index (κ1) is 21.0. The third-order valence-corrected chi connectivity index (χ3v) is 5.87. The summed E-state index contributed by atoms with van der Waals surface area (Å²) in [5.41, 5.74) is 5.98. The normalized spacial score (nSPS) is 11.3. The highest BCUT2D eigenvalue weighted by atomic mass is 35.5. The van der Waals surface area contributed by atoms with Gasteiger partial charge < -0.3 is 5.32 Å². The summed E-state index contributed by atoms with van der Waals surface area (Å²) in [5, 5.41) is 21.4. The first-order valence-electron chi connectivity index (χ1n) is 10.8. The van der Waals surface area contributed by atoms with E-state index in [0.717, 1.165) is 33.8 Å². The second kappa shape index (κ2) is 8.33. The number of rotatable bonds is 5. The zero-order valence-corrected chi connectivity index (χ0v) is 19.6. The molecule has 0 atom stereocenters. The Balaban J connectivity index is 1.36. The Hall–Kier alpha value is -4.57. The highest BCUT2D eigenvalue weighted by Crippen LogP contribution is 2.32. The molecule has 1 N–H and O–H groups in total. The molecular formula is C24H19ClN10. The van der Waals surface area contributed by atoms with Gasteiger partial charge in [-0.05, 0) is 30.3 Å². The van der Waals surface area contributed by atoms with Gasteiger partial charge in [0.05, 0.1) is 35.0 Å². The summed E-state index contributed by atoms with van der Waals surface area (Å²) in [6.45, 7) is 0. The molecule has 5 heterocycles. The molecule has 0 spiro atoms. The number of hydrogen-bond acceptors (Lipinski definition) is 7. The topological polar surface area (TPSA) is 104 Å². The van der Waals surface area contributed by atoms with E-state index in [1.54, 1.807) is 23.3 Å². The van der Waals surface area contributed by atoms with E-state index in [1.807, 2.05) is 78.0 Å². The van der Waals surface area contributed by atoms with Gasteiger partial charge in [-0.2, -0.15) is 10.2 Å². The molecule has 0 bridgehead atoms. The molecule has 11 heteroatoms. The van der Waals surface area contributed by atoms with Gasteiger partial charge in [0.15, 0.2) is 11.5 Å². The van der Waals surface area contributed by atoms with Crippen LogP contribution in [-0.2, 0) is 14.1 Å². The van der Waals surface area contributed by atoms with Crippen LogP contribution in [0.3, 0.4) is 0 Å². The van der Waals surface area contributed by atoms with Crippen molar-refractivity contribution in [2.45, 2.75) is 0 Å². The third kappa shape index (κ3) is 3.89.